The number of ether oxygens (including phenoxy) is 1. The summed E-state index contributed by atoms with van der Waals surface area (Å²) in [6.07, 6.45) is 9.08. The van der Waals surface area contributed by atoms with E-state index in [0.29, 0.717) is 0 Å². The maximum atomic E-state index is 11.5. The van der Waals surface area contributed by atoms with E-state index >= 15 is 0 Å². The first kappa shape index (κ1) is 19.4. The molecule has 0 saturated carbocycles. The van der Waals surface area contributed by atoms with E-state index in [1.165, 1.54) is 39.0 Å². The van der Waals surface area contributed by atoms with Gasteiger partial charge in [0.2, 0.25) is 0 Å². The Bertz CT molecular complexity index is 351. The van der Waals surface area contributed by atoms with Crippen LogP contribution in [0.4, 0.5) is 0 Å². The second-order valence-corrected chi connectivity index (χ2v) is 6.65. The van der Waals surface area contributed by atoms with Gasteiger partial charge in [-0.2, -0.15) is 8.42 Å². The fraction of sp³-hybridized carbons (Fsp3) is 0.929. The Hall–Kier alpha value is -0.620. The van der Waals surface area contributed by atoms with E-state index in [1.807, 2.05) is 0 Å². The van der Waals surface area contributed by atoms with Crippen LogP contribution in [0.5, 0.6) is 0 Å². The summed E-state index contributed by atoms with van der Waals surface area (Å²) in [5.41, 5.74) is 0. The summed E-state index contributed by atoms with van der Waals surface area (Å²) >= 11 is 0. The first-order chi connectivity index (χ1) is 9.43. The van der Waals surface area contributed by atoms with E-state index in [4.69, 9.17) is 9.29 Å². The summed E-state index contributed by atoms with van der Waals surface area (Å²) in [6.45, 7) is 3.93. The number of esters is 1. The topological polar surface area (TPSA) is 80.7 Å². The van der Waals surface area contributed by atoms with Gasteiger partial charge in [0.15, 0.2) is 5.25 Å². The normalized spacial score (nSPS) is 13.2. The minimum Gasteiger partial charge on any atom is -0.465 e. The molecular weight excluding hydrogens is 280 g/mol. The highest BCUT2D eigenvalue weighted by molar-refractivity contribution is 7.87. The Morgan fingerprint density at radius 1 is 1.00 bits per heavy atom. The first-order valence-electron chi connectivity index (χ1n) is 7.56. The van der Waals surface area contributed by atoms with Gasteiger partial charge >= 0.3 is 5.97 Å². The lowest BCUT2D eigenvalue weighted by atomic mass is 10.1. The van der Waals surface area contributed by atoms with Crippen molar-refractivity contribution in [2.75, 3.05) is 6.61 Å². The van der Waals surface area contributed by atoms with Crippen LogP contribution in [0.3, 0.4) is 0 Å². The summed E-state index contributed by atoms with van der Waals surface area (Å²) in [5, 5.41) is -1.45. The molecule has 0 aliphatic carbocycles. The second-order valence-electron chi connectivity index (χ2n) is 5.05. The van der Waals surface area contributed by atoms with Gasteiger partial charge in [-0.05, 0) is 12.8 Å². The number of unbranched alkanes of at least 4 members (excludes halogenated alkanes) is 7. The average molecular weight is 308 g/mol. The summed E-state index contributed by atoms with van der Waals surface area (Å²) in [4.78, 5) is 11.5. The fourth-order valence-electron chi connectivity index (χ4n) is 2.00. The van der Waals surface area contributed by atoms with Gasteiger partial charge in [0.05, 0.1) is 6.61 Å². The molecule has 0 spiro atoms. The number of carbonyl (C=O) groups excluding carboxylic acids is 1. The molecule has 120 valence electrons. The van der Waals surface area contributed by atoms with E-state index in [0.717, 1.165) is 19.3 Å². The van der Waals surface area contributed by atoms with Crippen LogP contribution < -0.4 is 0 Å². The molecule has 0 rings (SSSR count). The highest BCUT2D eigenvalue weighted by atomic mass is 32.2. The van der Waals surface area contributed by atoms with E-state index in [2.05, 4.69) is 6.92 Å². The summed E-state index contributed by atoms with van der Waals surface area (Å²) in [7, 11) is -4.35. The zero-order valence-electron chi connectivity index (χ0n) is 12.6. The van der Waals surface area contributed by atoms with Crippen LogP contribution in [0.15, 0.2) is 0 Å². The van der Waals surface area contributed by atoms with Gasteiger partial charge in [0.1, 0.15) is 0 Å². The van der Waals surface area contributed by atoms with Crippen molar-refractivity contribution in [3.8, 4) is 0 Å². The van der Waals surface area contributed by atoms with Crippen molar-refractivity contribution in [2.45, 2.75) is 76.9 Å². The molecule has 0 radical (unpaired) electrons. The summed E-state index contributed by atoms with van der Waals surface area (Å²) < 4.78 is 35.6. The largest absolute Gasteiger partial charge is 0.465 e. The second kappa shape index (κ2) is 11.1. The molecule has 0 aliphatic rings. The monoisotopic (exact) mass is 308 g/mol. The molecule has 5 nitrogen and oxygen atoms in total. The molecule has 0 aliphatic heterocycles. The number of hydrogen-bond donors (Lipinski definition) is 1. The first-order valence-corrected chi connectivity index (χ1v) is 9.06. The SMILES string of the molecule is CCCCCCCCCCOC(=O)C(CC)S(=O)(=O)O. The van der Waals surface area contributed by atoms with Crippen molar-refractivity contribution in [3.63, 3.8) is 0 Å². The fourth-order valence-corrected chi connectivity index (χ4v) is 2.73. The van der Waals surface area contributed by atoms with Crippen LogP contribution in [-0.2, 0) is 19.6 Å². The maximum absolute atomic E-state index is 11.5. The van der Waals surface area contributed by atoms with E-state index < -0.39 is 21.3 Å². The molecule has 20 heavy (non-hydrogen) atoms. The van der Waals surface area contributed by atoms with Gasteiger partial charge in [0.25, 0.3) is 10.1 Å². The number of rotatable bonds is 12. The Balaban J connectivity index is 3.62. The lowest BCUT2D eigenvalue weighted by Crippen LogP contribution is -2.31. The van der Waals surface area contributed by atoms with E-state index in [-0.39, 0.29) is 13.0 Å². The molecule has 1 unspecified atom stereocenters. The predicted molar refractivity (Wildman–Crippen MR) is 79.2 cm³/mol. The molecular formula is C14H28O5S. The molecule has 0 amide bonds. The smallest absolute Gasteiger partial charge is 0.326 e. The van der Waals surface area contributed by atoms with Crippen LogP contribution in [0.1, 0.15) is 71.6 Å². The third-order valence-corrected chi connectivity index (χ3v) is 4.48. The standard InChI is InChI=1S/C14H28O5S/c1-3-5-6-7-8-9-10-11-12-19-14(15)13(4-2)20(16,17)18/h13H,3-12H2,1-2H3,(H,16,17,18). The maximum Gasteiger partial charge on any atom is 0.326 e. The Kier molecular flexibility index (Phi) is 10.7. The van der Waals surface area contributed by atoms with Crippen molar-refractivity contribution >= 4 is 16.1 Å². The summed E-state index contributed by atoms with van der Waals surface area (Å²) in [6, 6.07) is 0. The number of carbonyl (C=O) groups is 1. The van der Waals surface area contributed by atoms with Crippen molar-refractivity contribution < 1.29 is 22.5 Å². The van der Waals surface area contributed by atoms with Crippen LogP contribution in [0, 0.1) is 0 Å². The highest BCUT2D eigenvalue weighted by Gasteiger charge is 2.30. The van der Waals surface area contributed by atoms with Gasteiger partial charge in [-0.1, -0.05) is 58.8 Å². The molecule has 0 fully saturated rings. The Morgan fingerprint density at radius 2 is 1.50 bits per heavy atom. The van der Waals surface area contributed by atoms with Crippen LogP contribution in [-0.4, -0.2) is 30.8 Å². The molecule has 0 saturated heterocycles. The van der Waals surface area contributed by atoms with Crippen molar-refractivity contribution in [3.05, 3.63) is 0 Å². The van der Waals surface area contributed by atoms with Gasteiger partial charge in [-0.25, -0.2) is 0 Å². The molecule has 0 bridgehead atoms. The van der Waals surface area contributed by atoms with Crippen LogP contribution in [0.2, 0.25) is 0 Å². The third-order valence-electron chi connectivity index (χ3n) is 3.24. The van der Waals surface area contributed by atoms with Crippen molar-refractivity contribution in [1.29, 1.82) is 0 Å². The Labute approximate surface area is 122 Å². The van der Waals surface area contributed by atoms with Gasteiger partial charge in [0, 0.05) is 0 Å². The average Bonchev–Trinajstić information content (AvgIpc) is 2.36. The molecule has 0 aromatic heterocycles. The molecule has 1 N–H and O–H groups in total. The van der Waals surface area contributed by atoms with Crippen LogP contribution in [0.25, 0.3) is 0 Å². The van der Waals surface area contributed by atoms with Crippen LogP contribution >= 0.6 is 0 Å². The van der Waals surface area contributed by atoms with E-state index in [9.17, 15) is 13.2 Å². The van der Waals surface area contributed by atoms with Gasteiger partial charge < -0.3 is 4.74 Å². The van der Waals surface area contributed by atoms with Gasteiger partial charge in [-0.3, -0.25) is 9.35 Å². The zero-order chi connectivity index (χ0) is 15.4. The Morgan fingerprint density at radius 3 is 1.95 bits per heavy atom. The third kappa shape index (κ3) is 9.31. The summed E-state index contributed by atoms with van der Waals surface area (Å²) in [5.74, 6) is -0.849. The minimum absolute atomic E-state index is 0.0229. The lowest BCUT2D eigenvalue weighted by molar-refractivity contribution is -0.143. The quantitative estimate of drug-likeness (QED) is 0.340. The number of hydrogen-bond acceptors (Lipinski definition) is 4. The molecule has 6 heteroatoms. The molecule has 0 aromatic carbocycles. The highest BCUT2D eigenvalue weighted by Crippen LogP contribution is 2.10. The van der Waals surface area contributed by atoms with Crippen molar-refractivity contribution in [2.24, 2.45) is 0 Å². The minimum atomic E-state index is -4.35. The predicted octanol–water partition coefficient (Wildman–Crippen LogP) is 3.34. The van der Waals surface area contributed by atoms with Gasteiger partial charge in [-0.15, -0.1) is 0 Å². The van der Waals surface area contributed by atoms with Crippen molar-refractivity contribution in [1.82, 2.24) is 0 Å². The lowest BCUT2D eigenvalue weighted by Gasteiger charge is -2.11. The molecule has 0 aromatic rings. The zero-order valence-corrected chi connectivity index (χ0v) is 13.5. The molecule has 0 heterocycles. The molecule has 1 atom stereocenters. The van der Waals surface area contributed by atoms with E-state index in [1.54, 1.807) is 0 Å².